The van der Waals surface area contributed by atoms with Crippen LogP contribution in [-0.2, 0) is 11.2 Å². The van der Waals surface area contributed by atoms with Gasteiger partial charge in [-0.05, 0) is 49.4 Å². The van der Waals surface area contributed by atoms with Crippen LogP contribution < -0.4 is 10.5 Å². The van der Waals surface area contributed by atoms with Crippen molar-refractivity contribution in [2.75, 3.05) is 7.11 Å². The first kappa shape index (κ1) is 14.5. The van der Waals surface area contributed by atoms with Crippen LogP contribution in [0.25, 0.3) is 0 Å². The second-order valence-electron chi connectivity index (χ2n) is 5.21. The van der Waals surface area contributed by atoms with Crippen LogP contribution in [0, 0.1) is 5.92 Å². The summed E-state index contributed by atoms with van der Waals surface area (Å²) in [6.07, 6.45) is 4.27. The largest absolute Gasteiger partial charge is 0.497 e. The fourth-order valence-electron chi connectivity index (χ4n) is 2.59. The van der Waals surface area contributed by atoms with Crippen LogP contribution in [0.4, 0.5) is 0 Å². The Morgan fingerprint density at radius 2 is 2.05 bits per heavy atom. The van der Waals surface area contributed by atoms with Crippen molar-refractivity contribution in [2.24, 2.45) is 11.7 Å². The molecule has 2 rings (SSSR count). The summed E-state index contributed by atoms with van der Waals surface area (Å²) >= 11 is 3.49. The molecule has 1 saturated carbocycles. The van der Waals surface area contributed by atoms with E-state index in [4.69, 9.17) is 10.5 Å². The van der Waals surface area contributed by atoms with Crippen LogP contribution >= 0.6 is 15.9 Å². The highest BCUT2D eigenvalue weighted by atomic mass is 79.9. The number of carbonyl (C=O) groups is 1. The Kier molecular flexibility index (Phi) is 4.99. The number of halogens is 1. The highest BCUT2D eigenvalue weighted by Gasteiger charge is 2.24. The Hall–Kier alpha value is -0.870. The van der Waals surface area contributed by atoms with Crippen molar-refractivity contribution in [3.05, 3.63) is 28.2 Å². The summed E-state index contributed by atoms with van der Waals surface area (Å²) in [4.78, 5) is 12.3. The van der Waals surface area contributed by atoms with Gasteiger partial charge in [-0.15, -0.1) is 0 Å². The van der Waals surface area contributed by atoms with Crippen molar-refractivity contribution >= 4 is 21.7 Å². The van der Waals surface area contributed by atoms with Gasteiger partial charge in [0.1, 0.15) is 11.5 Å². The maximum atomic E-state index is 12.3. The molecule has 0 atom stereocenters. The molecule has 0 aliphatic heterocycles. The first-order valence-electron chi connectivity index (χ1n) is 6.71. The molecule has 1 fully saturated rings. The Morgan fingerprint density at radius 3 is 2.68 bits per heavy atom. The minimum Gasteiger partial charge on any atom is -0.497 e. The average molecular weight is 326 g/mol. The predicted octanol–water partition coefficient (Wildman–Crippen LogP) is 3.09. The van der Waals surface area contributed by atoms with E-state index in [-0.39, 0.29) is 12.0 Å². The molecule has 0 aromatic heterocycles. The first-order chi connectivity index (χ1) is 9.10. The molecule has 0 spiro atoms. The summed E-state index contributed by atoms with van der Waals surface area (Å²) < 4.78 is 6.17. The number of ether oxygens (including phenoxy) is 1. The Morgan fingerprint density at radius 1 is 1.37 bits per heavy atom. The SMILES string of the molecule is COc1ccc(Br)c(CC(=O)C2CCC(N)CC2)c1. The summed E-state index contributed by atoms with van der Waals surface area (Å²) in [5.74, 6) is 1.29. The Bertz CT molecular complexity index is 453. The lowest BCUT2D eigenvalue weighted by Gasteiger charge is -2.25. The molecule has 1 aromatic carbocycles. The molecule has 1 aromatic rings. The van der Waals surface area contributed by atoms with Gasteiger partial charge in [0, 0.05) is 22.9 Å². The number of methoxy groups -OCH3 is 1. The van der Waals surface area contributed by atoms with E-state index < -0.39 is 0 Å². The van der Waals surface area contributed by atoms with E-state index in [0.29, 0.717) is 12.2 Å². The second kappa shape index (κ2) is 6.53. The topological polar surface area (TPSA) is 52.3 Å². The average Bonchev–Trinajstić information content (AvgIpc) is 2.42. The highest BCUT2D eigenvalue weighted by molar-refractivity contribution is 9.10. The van der Waals surface area contributed by atoms with Gasteiger partial charge in [-0.25, -0.2) is 0 Å². The van der Waals surface area contributed by atoms with Crippen molar-refractivity contribution in [3.8, 4) is 5.75 Å². The lowest BCUT2D eigenvalue weighted by atomic mass is 9.82. The number of hydrogen-bond donors (Lipinski definition) is 1. The summed E-state index contributed by atoms with van der Waals surface area (Å²) in [6, 6.07) is 6.03. The third kappa shape index (κ3) is 3.80. The molecule has 3 nitrogen and oxygen atoms in total. The van der Waals surface area contributed by atoms with Crippen LogP contribution in [0.2, 0.25) is 0 Å². The van der Waals surface area contributed by atoms with E-state index in [2.05, 4.69) is 15.9 Å². The summed E-state index contributed by atoms with van der Waals surface area (Å²) in [7, 11) is 1.64. The van der Waals surface area contributed by atoms with Gasteiger partial charge >= 0.3 is 0 Å². The molecule has 1 aliphatic carbocycles. The standard InChI is InChI=1S/C15H20BrNO2/c1-19-13-6-7-14(16)11(8-13)9-15(18)10-2-4-12(17)5-3-10/h6-8,10,12H,2-5,9,17H2,1H3. The fourth-order valence-corrected chi connectivity index (χ4v) is 2.97. The van der Waals surface area contributed by atoms with Crippen LogP contribution in [-0.4, -0.2) is 18.9 Å². The number of Topliss-reactive ketones (excluding diaryl/α,β-unsaturated/α-hetero) is 1. The number of nitrogens with two attached hydrogens (primary N) is 1. The molecule has 0 saturated heterocycles. The normalized spacial score (nSPS) is 23.1. The quantitative estimate of drug-likeness (QED) is 0.925. The van der Waals surface area contributed by atoms with Crippen molar-refractivity contribution in [1.82, 2.24) is 0 Å². The first-order valence-corrected chi connectivity index (χ1v) is 7.50. The van der Waals surface area contributed by atoms with E-state index in [9.17, 15) is 4.79 Å². The lowest BCUT2D eigenvalue weighted by Crippen LogP contribution is -2.30. The molecule has 2 N–H and O–H groups in total. The summed E-state index contributed by atoms with van der Waals surface area (Å²) in [5.41, 5.74) is 6.88. The molecule has 0 heterocycles. The molecule has 0 unspecified atom stereocenters. The van der Waals surface area contributed by atoms with Gasteiger partial charge in [-0.1, -0.05) is 15.9 Å². The number of rotatable bonds is 4. The van der Waals surface area contributed by atoms with Gasteiger partial charge in [0.05, 0.1) is 7.11 Å². The zero-order valence-corrected chi connectivity index (χ0v) is 12.8. The lowest BCUT2D eigenvalue weighted by molar-refractivity contribution is -0.123. The van der Waals surface area contributed by atoms with Crippen molar-refractivity contribution in [1.29, 1.82) is 0 Å². The summed E-state index contributed by atoms with van der Waals surface area (Å²) in [6.45, 7) is 0. The van der Waals surface area contributed by atoms with Gasteiger partial charge in [0.15, 0.2) is 0 Å². The number of hydrogen-bond acceptors (Lipinski definition) is 3. The van der Waals surface area contributed by atoms with E-state index in [1.54, 1.807) is 7.11 Å². The predicted molar refractivity (Wildman–Crippen MR) is 79.3 cm³/mol. The minimum absolute atomic E-state index is 0.179. The second-order valence-corrected chi connectivity index (χ2v) is 6.07. The molecule has 19 heavy (non-hydrogen) atoms. The minimum atomic E-state index is 0.179. The molecule has 0 radical (unpaired) electrons. The number of carbonyl (C=O) groups excluding carboxylic acids is 1. The maximum Gasteiger partial charge on any atom is 0.140 e. The number of ketones is 1. The highest BCUT2D eigenvalue weighted by Crippen LogP contribution is 2.28. The molecule has 104 valence electrons. The van der Waals surface area contributed by atoms with Gasteiger partial charge in [-0.3, -0.25) is 4.79 Å². The van der Waals surface area contributed by atoms with Crippen molar-refractivity contribution in [2.45, 2.75) is 38.1 Å². The fraction of sp³-hybridized carbons (Fsp3) is 0.533. The van der Waals surface area contributed by atoms with Crippen LogP contribution in [0.1, 0.15) is 31.2 Å². The van der Waals surface area contributed by atoms with Crippen molar-refractivity contribution in [3.63, 3.8) is 0 Å². The van der Waals surface area contributed by atoms with Gasteiger partial charge in [-0.2, -0.15) is 0 Å². The third-order valence-electron chi connectivity index (χ3n) is 3.84. The molecule has 0 amide bonds. The van der Waals surface area contributed by atoms with Crippen molar-refractivity contribution < 1.29 is 9.53 Å². The molecule has 4 heteroatoms. The third-order valence-corrected chi connectivity index (χ3v) is 4.62. The number of benzene rings is 1. The van der Waals surface area contributed by atoms with Crippen LogP contribution in [0.5, 0.6) is 5.75 Å². The Labute approximate surface area is 122 Å². The van der Waals surface area contributed by atoms with Gasteiger partial charge in [0.25, 0.3) is 0 Å². The van der Waals surface area contributed by atoms with E-state index in [1.165, 1.54) is 0 Å². The zero-order valence-electron chi connectivity index (χ0n) is 11.2. The van der Waals surface area contributed by atoms with E-state index in [1.807, 2.05) is 18.2 Å². The monoisotopic (exact) mass is 325 g/mol. The smallest absolute Gasteiger partial charge is 0.140 e. The van der Waals surface area contributed by atoms with Crippen LogP contribution in [0.3, 0.4) is 0 Å². The van der Waals surface area contributed by atoms with E-state index in [0.717, 1.165) is 41.5 Å². The molecular formula is C15H20BrNO2. The van der Waals surface area contributed by atoms with Crippen LogP contribution in [0.15, 0.2) is 22.7 Å². The van der Waals surface area contributed by atoms with Gasteiger partial charge < -0.3 is 10.5 Å². The maximum absolute atomic E-state index is 12.3. The molecular weight excluding hydrogens is 306 g/mol. The molecule has 0 bridgehead atoms. The molecule has 1 aliphatic rings. The van der Waals surface area contributed by atoms with E-state index >= 15 is 0 Å². The summed E-state index contributed by atoms with van der Waals surface area (Å²) in [5, 5.41) is 0. The zero-order chi connectivity index (χ0) is 13.8. The Balaban J connectivity index is 2.02. The van der Waals surface area contributed by atoms with Gasteiger partial charge in [0.2, 0.25) is 0 Å².